The molecule has 0 bridgehead atoms. The molecule has 0 saturated carbocycles. The molecule has 1 atom stereocenters. The monoisotopic (exact) mass is 364 g/mol. The summed E-state index contributed by atoms with van der Waals surface area (Å²) in [6.07, 6.45) is 3.37. The van der Waals surface area contributed by atoms with Crippen molar-refractivity contribution in [3.05, 3.63) is 34.9 Å². The maximum absolute atomic E-state index is 12.1. The van der Waals surface area contributed by atoms with E-state index >= 15 is 0 Å². The number of hydrogen-bond donors (Lipinski definition) is 1. The SMILES string of the molecule is C[C@@H](C(=O)O)N1CC2(CCC1=O)CCN(Cc1ccc(Cl)cc1)CC2. The average Bonchev–Trinajstić information content (AvgIpc) is 2.60. The Bertz CT molecular complexity index is 639. The van der Waals surface area contributed by atoms with E-state index in [1.54, 1.807) is 11.8 Å². The zero-order valence-electron chi connectivity index (χ0n) is 14.6. The number of likely N-dealkylation sites (tertiary alicyclic amines) is 2. The second-order valence-electron chi connectivity index (χ2n) is 7.44. The number of rotatable bonds is 4. The number of carbonyl (C=O) groups excluding carboxylic acids is 1. The van der Waals surface area contributed by atoms with Gasteiger partial charge in [0.15, 0.2) is 0 Å². The van der Waals surface area contributed by atoms with Crippen molar-refractivity contribution in [1.82, 2.24) is 9.80 Å². The van der Waals surface area contributed by atoms with Gasteiger partial charge in [0.2, 0.25) is 5.91 Å². The number of carboxylic acids is 1. The number of aliphatic carboxylic acids is 1. The fraction of sp³-hybridized carbons (Fsp3) is 0.579. The van der Waals surface area contributed by atoms with E-state index in [-0.39, 0.29) is 11.3 Å². The van der Waals surface area contributed by atoms with Gasteiger partial charge in [-0.25, -0.2) is 4.79 Å². The minimum Gasteiger partial charge on any atom is -0.480 e. The van der Waals surface area contributed by atoms with Gasteiger partial charge in [0.05, 0.1) is 0 Å². The lowest BCUT2D eigenvalue weighted by Gasteiger charge is -2.48. The van der Waals surface area contributed by atoms with Crippen molar-refractivity contribution in [3.63, 3.8) is 0 Å². The van der Waals surface area contributed by atoms with Crippen molar-refractivity contribution >= 4 is 23.5 Å². The highest BCUT2D eigenvalue weighted by molar-refractivity contribution is 6.30. The second kappa shape index (κ2) is 7.34. The van der Waals surface area contributed by atoms with Crippen LogP contribution in [0.2, 0.25) is 5.02 Å². The summed E-state index contributed by atoms with van der Waals surface area (Å²) < 4.78 is 0. The van der Waals surface area contributed by atoms with E-state index in [9.17, 15) is 14.7 Å². The summed E-state index contributed by atoms with van der Waals surface area (Å²) in [7, 11) is 0. The molecule has 1 aromatic carbocycles. The van der Waals surface area contributed by atoms with Gasteiger partial charge in [-0.2, -0.15) is 0 Å². The van der Waals surface area contributed by atoms with Crippen LogP contribution in [0, 0.1) is 5.41 Å². The quantitative estimate of drug-likeness (QED) is 0.892. The van der Waals surface area contributed by atoms with Crippen molar-refractivity contribution in [3.8, 4) is 0 Å². The van der Waals surface area contributed by atoms with Crippen molar-refractivity contribution < 1.29 is 14.7 Å². The Hall–Kier alpha value is -1.59. The lowest BCUT2D eigenvalue weighted by molar-refractivity contribution is -0.155. The number of hydrogen-bond acceptors (Lipinski definition) is 3. The van der Waals surface area contributed by atoms with Gasteiger partial charge in [0.25, 0.3) is 0 Å². The average molecular weight is 365 g/mol. The van der Waals surface area contributed by atoms with Crippen LogP contribution in [0.3, 0.4) is 0 Å². The molecule has 2 aliphatic rings. The predicted octanol–water partition coefficient (Wildman–Crippen LogP) is 3.02. The number of amides is 1. The molecule has 3 rings (SSSR count). The maximum atomic E-state index is 12.1. The lowest BCUT2D eigenvalue weighted by atomic mass is 9.72. The molecule has 6 heteroatoms. The molecule has 2 aliphatic heterocycles. The Morgan fingerprint density at radius 2 is 1.88 bits per heavy atom. The normalized spacial score (nSPS) is 22.2. The summed E-state index contributed by atoms with van der Waals surface area (Å²) in [4.78, 5) is 27.4. The third-order valence-electron chi connectivity index (χ3n) is 5.76. The highest BCUT2D eigenvalue weighted by Gasteiger charge is 2.43. The van der Waals surface area contributed by atoms with E-state index in [1.165, 1.54) is 5.56 Å². The fourth-order valence-corrected chi connectivity index (χ4v) is 4.10. The van der Waals surface area contributed by atoms with E-state index in [2.05, 4.69) is 17.0 Å². The molecule has 1 aromatic rings. The van der Waals surface area contributed by atoms with Crippen LogP contribution in [0.25, 0.3) is 0 Å². The standard InChI is InChI=1S/C19H25ClN2O3/c1-14(18(24)25)22-13-19(7-6-17(22)23)8-10-21(11-9-19)12-15-2-4-16(20)5-3-15/h2-5,14H,6-13H2,1H3,(H,24,25)/t14-/m0/s1. The van der Waals surface area contributed by atoms with Crippen LogP contribution in [-0.4, -0.2) is 52.5 Å². The topological polar surface area (TPSA) is 60.9 Å². The maximum Gasteiger partial charge on any atom is 0.326 e. The molecule has 0 unspecified atom stereocenters. The zero-order chi connectivity index (χ0) is 18.0. The zero-order valence-corrected chi connectivity index (χ0v) is 15.3. The highest BCUT2D eigenvalue weighted by atomic mass is 35.5. The molecule has 1 N–H and O–H groups in total. The van der Waals surface area contributed by atoms with Gasteiger partial charge in [-0.05, 0) is 62.4 Å². The second-order valence-corrected chi connectivity index (χ2v) is 7.87. The van der Waals surface area contributed by atoms with E-state index in [0.29, 0.717) is 13.0 Å². The molecule has 1 amide bonds. The van der Waals surface area contributed by atoms with Gasteiger partial charge in [-0.1, -0.05) is 23.7 Å². The Kier molecular flexibility index (Phi) is 5.35. The molecule has 136 valence electrons. The van der Waals surface area contributed by atoms with Crippen molar-refractivity contribution in [2.45, 2.75) is 45.2 Å². The summed E-state index contributed by atoms with van der Waals surface area (Å²) in [6.45, 7) is 5.04. The van der Waals surface area contributed by atoms with Crippen LogP contribution < -0.4 is 0 Å². The van der Waals surface area contributed by atoms with Gasteiger partial charge in [-0.15, -0.1) is 0 Å². The van der Waals surface area contributed by atoms with Crippen LogP contribution >= 0.6 is 11.6 Å². The van der Waals surface area contributed by atoms with E-state index in [0.717, 1.165) is 43.9 Å². The van der Waals surface area contributed by atoms with Crippen LogP contribution in [0.5, 0.6) is 0 Å². The van der Waals surface area contributed by atoms with Gasteiger partial charge in [0, 0.05) is 24.5 Å². The fourth-order valence-electron chi connectivity index (χ4n) is 3.97. The van der Waals surface area contributed by atoms with Crippen LogP contribution in [0.4, 0.5) is 0 Å². The predicted molar refractivity (Wildman–Crippen MR) is 96.4 cm³/mol. The van der Waals surface area contributed by atoms with Gasteiger partial charge >= 0.3 is 5.97 Å². The third kappa shape index (κ3) is 4.15. The molecule has 25 heavy (non-hydrogen) atoms. The number of carboxylic acid groups (broad SMARTS) is 1. The molecular weight excluding hydrogens is 340 g/mol. The smallest absolute Gasteiger partial charge is 0.326 e. The first kappa shape index (κ1) is 18.2. The number of nitrogens with zero attached hydrogens (tertiary/aromatic N) is 2. The molecule has 2 heterocycles. The molecular formula is C19H25ClN2O3. The van der Waals surface area contributed by atoms with E-state index < -0.39 is 12.0 Å². The number of benzene rings is 1. The summed E-state index contributed by atoms with van der Waals surface area (Å²) in [5.74, 6) is -0.949. The first-order chi connectivity index (χ1) is 11.9. The number of piperidine rings is 2. The Morgan fingerprint density at radius 3 is 2.48 bits per heavy atom. The first-order valence-electron chi connectivity index (χ1n) is 8.88. The Morgan fingerprint density at radius 1 is 1.24 bits per heavy atom. The minimum absolute atomic E-state index is 0.0240. The van der Waals surface area contributed by atoms with Gasteiger partial charge < -0.3 is 10.0 Å². The highest BCUT2D eigenvalue weighted by Crippen LogP contribution is 2.41. The van der Waals surface area contributed by atoms with Crippen molar-refractivity contribution in [2.24, 2.45) is 5.41 Å². The minimum atomic E-state index is -0.925. The molecule has 0 aliphatic carbocycles. The largest absolute Gasteiger partial charge is 0.480 e. The first-order valence-corrected chi connectivity index (χ1v) is 9.25. The molecule has 0 aromatic heterocycles. The molecule has 2 saturated heterocycles. The lowest BCUT2D eigenvalue weighted by Crippen LogP contribution is -2.55. The van der Waals surface area contributed by atoms with Crippen LogP contribution in [0.1, 0.15) is 38.2 Å². The molecule has 2 fully saturated rings. The van der Waals surface area contributed by atoms with Crippen LogP contribution in [0.15, 0.2) is 24.3 Å². The van der Waals surface area contributed by atoms with Gasteiger partial charge in [-0.3, -0.25) is 9.69 Å². The van der Waals surface area contributed by atoms with E-state index in [4.69, 9.17) is 11.6 Å². The van der Waals surface area contributed by atoms with Crippen LogP contribution in [-0.2, 0) is 16.1 Å². The summed E-state index contributed by atoms with van der Waals surface area (Å²) in [6, 6.07) is 7.21. The summed E-state index contributed by atoms with van der Waals surface area (Å²) in [5.41, 5.74) is 1.33. The molecule has 1 spiro atoms. The molecule has 0 radical (unpaired) electrons. The van der Waals surface area contributed by atoms with Crippen molar-refractivity contribution in [1.29, 1.82) is 0 Å². The molecule has 5 nitrogen and oxygen atoms in total. The number of halogens is 1. The Labute approximate surface area is 153 Å². The van der Waals surface area contributed by atoms with E-state index in [1.807, 2.05) is 12.1 Å². The summed E-state index contributed by atoms with van der Waals surface area (Å²) >= 11 is 5.94. The van der Waals surface area contributed by atoms with Crippen molar-refractivity contribution in [2.75, 3.05) is 19.6 Å². The Balaban J connectivity index is 1.59. The third-order valence-corrected chi connectivity index (χ3v) is 6.01. The van der Waals surface area contributed by atoms with Gasteiger partial charge in [0.1, 0.15) is 6.04 Å². The number of carbonyl (C=O) groups is 2. The summed E-state index contributed by atoms with van der Waals surface area (Å²) in [5, 5.41) is 10.0.